The Bertz CT molecular complexity index is 1180. The minimum absolute atomic E-state index is 0.0926. The lowest BCUT2D eigenvalue weighted by Gasteiger charge is -2.60. The van der Waals surface area contributed by atoms with E-state index in [2.05, 4.69) is 83.1 Å². The monoisotopic (exact) mass is 710 g/mol. The van der Waals surface area contributed by atoms with Crippen LogP contribution in [-0.2, 0) is 42.2 Å². The summed E-state index contributed by atoms with van der Waals surface area (Å²) in [4.78, 5) is 44.6. The van der Waals surface area contributed by atoms with Gasteiger partial charge in [-0.1, -0.05) is 83.1 Å². The summed E-state index contributed by atoms with van der Waals surface area (Å²) in [5.41, 5.74) is -3.42. The average Bonchev–Trinajstić information content (AvgIpc) is 3.37. The van der Waals surface area contributed by atoms with E-state index in [1.54, 1.807) is 13.8 Å². The van der Waals surface area contributed by atoms with E-state index in [4.69, 9.17) is 27.8 Å². The molecule has 6 atom stereocenters. The van der Waals surface area contributed by atoms with E-state index in [1.165, 1.54) is 14.2 Å². The van der Waals surface area contributed by atoms with Gasteiger partial charge in [0.2, 0.25) is 0 Å². The normalized spacial score (nSPS) is 32.3. The zero-order valence-corrected chi connectivity index (χ0v) is 34.8. The SMILES string of the molecule is COC(=O)C1(C(=O)OC)C(=O)C2(CO[Si](C(C)C)(C(C)C)C(C)C)C(CO[Si](C(C)C)(C(C)C)C(C)C)C3CCC2C12OC(C)(C)OC32. The molecule has 0 amide bonds. The van der Waals surface area contributed by atoms with Crippen LogP contribution in [0.5, 0.6) is 0 Å². The number of rotatable bonds is 14. The van der Waals surface area contributed by atoms with E-state index >= 15 is 4.79 Å². The van der Waals surface area contributed by atoms with Crippen molar-refractivity contribution in [1.29, 1.82) is 0 Å². The number of fused-ring (bicyclic) bond motifs is 1. The number of esters is 2. The molecule has 0 radical (unpaired) electrons. The Kier molecular flexibility index (Phi) is 10.9. The van der Waals surface area contributed by atoms with Crippen LogP contribution < -0.4 is 0 Å². The lowest BCUT2D eigenvalue weighted by atomic mass is 9.48. The van der Waals surface area contributed by atoms with Gasteiger partial charge >= 0.3 is 11.9 Å². The van der Waals surface area contributed by atoms with Gasteiger partial charge in [0.25, 0.3) is 5.41 Å². The molecule has 9 nitrogen and oxygen atoms in total. The molecule has 1 aliphatic heterocycles. The van der Waals surface area contributed by atoms with Gasteiger partial charge in [-0.15, -0.1) is 0 Å². The van der Waals surface area contributed by atoms with Gasteiger partial charge in [0.1, 0.15) is 5.60 Å². The second-order valence-corrected chi connectivity index (χ2v) is 28.5. The maximum atomic E-state index is 15.9. The molecule has 0 aromatic carbocycles. The van der Waals surface area contributed by atoms with Gasteiger partial charge in [-0.2, -0.15) is 0 Å². The Hall–Kier alpha value is -1.12. The highest BCUT2D eigenvalue weighted by atomic mass is 28.4. The molecule has 1 heterocycles. The number of ketones is 1. The molecule has 6 unspecified atom stereocenters. The summed E-state index contributed by atoms with van der Waals surface area (Å²) in [5.74, 6) is -4.70. The van der Waals surface area contributed by atoms with Crippen LogP contribution in [0, 0.1) is 28.6 Å². The summed E-state index contributed by atoms with van der Waals surface area (Å²) in [6.45, 7) is 30.9. The van der Waals surface area contributed by atoms with Gasteiger partial charge in [0.15, 0.2) is 28.2 Å². The van der Waals surface area contributed by atoms with E-state index < -0.39 is 68.6 Å². The van der Waals surface area contributed by atoms with Crippen LogP contribution in [0.4, 0.5) is 0 Å². The molecule has 1 spiro atoms. The molecule has 5 aliphatic rings. The van der Waals surface area contributed by atoms with Crippen LogP contribution in [0.1, 0.15) is 110 Å². The molecule has 1 saturated heterocycles. The Morgan fingerprint density at radius 1 is 0.750 bits per heavy atom. The van der Waals surface area contributed by atoms with Crippen LogP contribution in [-0.4, -0.2) is 79.3 Å². The number of hydrogen-bond acceptors (Lipinski definition) is 9. The number of hydrogen-bond donors (Lipinski definition) is 0. The van der Waals surface area contributed by atoms with Crippen molar-refractivity contribution < 1.29 is 42.2 Å². The Labute approximate surface area is 292 Å². The molecule has 0 N–H and O–H groups in total. The van der Waals surface area contributed by atoms with Gasteiger partial charge in [0, 0.05) is 25.0 Å². The molecule has 0 aromatic heterocycles. The van der Waals surface area contributed by atoms with Crippen LogP contribution in [0.15, 0.2) is 0 Å². The Morgan fingerprint density at radius 3 is 1.60 bits per heavy atom. The highest BCUT2D eigenvalue weighted by molar-refractivity contribution is 6.78. The zero-order chi connectivity index (χ0) is 36.6. The summed E-state index contributed by atoms with van der Waals surface area (Å²) in [5, 5.41) is 0. The van der Waals surface area contributed by atoms with E-state index in [1.807, 2.05) is 0 Å². The highest BCUT2D eigenvalue weighted by Crippen LogP contribution is 2.76. The second kappa shape index (κ2) is 13.1. The molecule has 4 bridgehead atoms. The van der Waals surface area contributed by atoms with E-state index in [9.17, 15) is 9.59 Å². The number of ether oxygens (including phenoxy) is 4. The van der Waals surface area contributed by atoms with Crippen LogP contribution >= 0.6 is 0 Å². The molecule has 11 heteroatoms. The Balaban J connectivity index is 2.05. The summed E-state index contributed by atoms with van der Waals surface area (Å²) >= 11 is 0. The predicted octanol–water partition coefficient (Wildman–Crippen LogP) is 7.82. The molecule has 48 heavy (non-hydrogen) atoms. The number of carbonyl (C=O) groups excluding carboxylic acids is 3. The minimum Gasteiger partial charge on any atom is -0.468 e. The van der Waals surface area contributed by atoms with Crippen molar-refractivity contribution in [1.82, 2.24) is 0 Å². The smallest absolute Gasteiger partial charge is 0.334 e. The molecule has 5 fully saturated rings. The van der Waals surface area contributed by atoms with Gasteiger partial charge in [0.05, 0.1) is 25.7 Å². The molecule has 0 aromatic rings. The molecule has 4 aliphatic carbocycles. The fourth-order valence-electron chi connectivity index (χ4n) is 12.3. The fourth-order valence-corrected chi connectivity index (χ4v) is 23.3. The highest BCUT2D eigenvalue weighted by Gasteiger charge is 2.93. The quantitative estimate of drug-likeness (QED) is 0.101. The Morgan fingerprint density at radius 2 is 1.19 bits per heavy atom. The van der Waals surface area contributed by atoms with Crippen molar-refractivity contribution in [2.45, 2.75) is 161 Å². The number of Topliss-reactive ketones (excluding diaryl/α,β-unsaturated/α-hetero) is 1. The third-order valence-corrected chi connectivity index (χ3v) is 25.7. The van der Waals surface area contributed by atoms with Gasteiger partial charge in [-0.05, 0) is 65.9 Å². The van der Waals surface area contributed by atoms with Crippen LogP contribution in [0.25, 0.3) is 0 Å². The number of methoxy groups -OCH3 is 2. The van der Waals surface area contributed by atoms with Gasteiger partial charge in [-0.3, -0.25) is 14.4 Å². The van der Waals surface area contributed by atoms with Crippen molar-refractivity contribution >= 4 is 34.4 Å². The first-order valence-corrected chi connectivity index (χ1v) is 22.8. The van der Waals surface area contributed by atoms with E-state index in [-0.39, 0.29) is 35.1 Å². The zero-order valence-electron chi connectivity index (χ0n) is 32.8. The second-order valence-electron chi connectivity index (χ2n) is 17.6. The predicted molar refractivity (Wildman–Crippen MR) is 190 cm³/mol. The van der Waals surface area contributed by atoms with Crippen molar-refractivity contribution in [3.8, 4) is 0 Å². The third kappa shape index (κ3) is 4.90. The maximum absolute atomic E-state index is 15.9. The third-order valence-electron chi connectivity index (χ3n) is 13.6. The van der Waals surface area contributed by atoms with Crippen molar-refractivity contribution in [3.05, 3.63) is 0 Å². The molecule has 276 valence electrons. The molecule has 5 rings (SSSR count). The van der Waals surface area contributed by atoms with Crippen molar-refractivity contribution in [2.24, 2.45) is 28.6 Å². The van der Waals surface area contributed by atoms with E-state index in [0.29, 0.717) is 29.7 Å². The maximum Gasteiger partial charge on any atom is 0.334 e. The summed E-state index contributed by atoms with van der Waals surface area (Å²) in [6.07, 6.45) is 0.634. The lowest BCUT2D eigenvalue weighted by molar-refractivity contribution is -0.230. The molecule has 4 saturated carbocycles. The summed E-state index contributed by atoms with van der Waals surface area (Å²) in [6, 6.07) is 0. The van der Waals surface area contributed by atoms with Gasteiger partial charge < -0.3 is 27.8 Å². The number of carbonyl (C=O) groups is 3. The first-order valence-electron chi connectivity index (χ1n) is 18.5. The molecular weight excluding hydrogens is 645 g/mol. The van der Waals surface area contributed by atoms with Crippen LogP contribution in [0.2, 0.25) is 33.2 Å². The summed E-state index contributed by atoms with van der Waals surface area (Å²) < 4.78 is 39.2. The fraction of sp³-hybridized carbons (Fsp3) is 0.919. The lowest BCUT2D eigenvalue weighted by Crippen LogP contribution is -2.71. The summed E-state index contributed by atoms with van der Waals surface area (Å²) in [7, 11) is -2.48. The standard InChI is InChI=1S/C37H66O9Si2/c1-21(2)47(22(3)4,23(5)6)43-19-28-27-17-18-29-35(28,20-44-48(24(7)8,25(9)10)26(11)12)31(38)36(32(39)41-15,33(40)42-16)37(29)30(27)45-34(13,14)46-37/h21-30H,17-20H2,1-16H3. The van der Waals surface area contributed by atoms with E-state index in [0.717, 1.165) is 6.42 Å². The van der Waals surface area contributed by atoms with Crippen molar-refractivity contribution in [2.75, 3.05) is 27.4 Å². The van der Waals surface area contributed by atoms with Crippen LogP contribution in [0.3, 0.4) is 0 Å². The molecular formula is C37H66O9Si2. The topological polar surface area (TPSA) is 107 Å². The minimum atomic E-state index is -2.53. The average molecular weight is 711 g/mol. The van der Waals surface area contributed by atoms with Gasteiger partial charge in [-0.25, -0.2) is 0 Å². The first-order chi connectivity index (χ1) is 22.1. The first kappa shape index (κ1) is 39.7. The largest absolute Gasteiger partial charge is 0.468 e. The van der Waals surface area contributed by atoms with Crippen molar-refractivity contribution in [3.63, 3.8) is 0 Å².